The zero-order valence-electron chi connectivity index (χ0n) is 16.6. The lowest BCUT2D eigenvalue weighted by atomic mass is 10.1. The highest BCUT2D eigenvalue weighted by Gasteiger charge is 2.25. The molecule has 8 heteroatoms. The van der Waals surface area contributed by atoms with Crippen LogP contribution in [0.15, 0.2) is 47.7 Å². The molecule has 1 aromatic carbocycles. The molecule has 2 amide bonds. The summed E-state index contributed by atoms with van der Waals surface area (Å²) in [6.07, 6.45) is 0. The number of hydrogen-bond acceptors (Lipinski definition) is 5. The third-order valence-electron chi connectivity index (χ3n) is 4.59. The molecule has 0 spiro atoms. The van der Waals surface area contributed by atoms with Gasteiger partial charge in [-0.05, 0) is 39.0 Å². The minimum absolute atomic E-state index is 0.0140. The number of nitrogens with zero attached hydrogens (tertiary/aromatic N) is 1. The first-order chi connectivity index (χ1) is 13.9. The topological polar surface area (TPSA) is 98.7 Å². The fourth-order valence-electron chi connectivity index (χ4n) is 3.23. The summed E-state index contributed by atoms with van der Waals surface area (Å²) in [5.74, 6) is -1.10. The van der Waals surface area contributed by atoms with E-state index in [1.165, 1.54) is 0 Å². The number of amides is 2. The number of rotatable bonds is 6. The highest BCUT2D eigenvalue weighted by atomic mass is 16.5. The van der Waals surface area contributed by atoms with Gasteiger partial charge in [-0.15, -0.1) is 0 Å². The molecule has 2 heterocycles. The van der Waals surface area contributed by atoms with E-state index >= 15 is 0 Å². The monoisotopic (exact) mass is 397 g/mol. The van der Waals surface area contributed by atoms with Crippen LogP contribution in [0.5, 0.6) is 0 Å². The largest absolute Gasteiger partial charge is 0.463 e. The molecule has 1 aliphatic heterocycles. The second-order valence-corrected chi connectivity index (χ2v) is 6.52. The van der Waals surface area contributed by atoms with E-state index in [4.69, 9.17) is 9.47 Å². The van der Waals surface area contributed by atoms with Gasteiger partial charge in [0.15, 0.2) is 0 Å². The summed E-state index contributed by atoms with van der Waals surface area (Å²) in [6, 6.07) is 11.0. The summed E-state index contributed by atoms with van der Waals surface area (Å²) in [5, 5.41) is 5.02. The van der Waals surface area contributed by atoms with Crippen LogP contribution >= 0.6 is 0 Å². The number of urea groups is 1. The van der Waals surface area contributed by atoms with Crippen LogP contribution < -0.4 is 10.6 Å². The lowest BCUT2D eigenvalue weighted by Crippen LogP contribution is -2.45. The predicted molar refractivity (Wildman–Crippen MR) is 106 cm³/mol. The van der Waals surface area contributed by atoms with Crippen molar-refractivity contribution in [1.29, 1.82) is 0 Å². The van der Waals surface area contributed by atoms with Gasteiger partial charge in [-0.25, -0.2) is 14.4 Å². The molecule has 0 radical (unpaired) electrons. The van der Waals surface area contributed by atoms with Crippen molar-refractivity contribution in [1.82, 2.24) is 15.2 Å². The summed E-state index contributed by atoms with van der Waals surface area (Å²) in [4.78, 5) is 36.4. The van der Waals surface area contributed by atoms with Gasteiger partial charge in [-0.3, -0.25) is 0 Å². The summed E-state index contributed by atoms with van der Waals surface area (Å²) in [5.41, 5.74) is 3.45. The van der Waals surface area contributed by atoms with Gasteiger partial charge in [0, 0.05) is 17.1 Å². The third kappa shape index (κ3) is 4.31. The number of para-hydroxylation sites is 1. The van der Waals surface area contributed by atoms with Crippen LogP contribution in [0.2, 0.25) is 0 Å². The average molecular weight is 397 g/mol. The molecule has 0 unspecified atom stereocenters. The van der Waals surface area contributed by atoms with Gasteiger partial charge in [0.05, 0.1) is 30.0 Å². The molecule has 0 saturated heterocycles. The molecule has 2 aromatic rings. The van der Waals surface area contributed by atoms with Gasteiger partial charge in [-0.2, -0.15) is 0 Å². The van der Waals surface area contributed by atoms with Gasteiger partial charge in [0.25, 0.3) is 0 Å². The predicted octanol–water partition coefficient (Wildman–Crippen LogP) is 2.38. The molecule has 8 nitrogen and oxygen atoms in total. The Balaban J connectivity index is 1.80. The molecule has 29 heavy (non-hydrogen) atoms. The van der Waals surface area contributed by atoms with E-state index in [9.17, 15) is 14.4 Å². The van der Waals surface area contributed by atoms with Crippen LogP contribution in [-0.4, -0.2) is 42.3 Å². The average Bonchev–Trinajstić information content (AvgIpc) is 3.01. The Morgan fingerprint density at radius 2 is 1.83 bits per heavy atom. The van der Waals surface area contributed by atoms with Crippen molar-refractivity contribution in [3.8, 4) is 5.69 Å². The van der Waals surface area contributed by atoms with Gasteiger partial charge in [-0.1, -0.05) is 18.2 Å². The fourth-order valence-corrected chi connectivity index (χ4v) is 3.23. The van der Waals surface area contributed by atoms with E-state index in [0.717, 1.165) is 17.1 Å². The zero-order valence-corrected chi connectivity index (χ0v) is 16.6. The van der Waals surface area contributed by atoms with Crippen molar-refractivity contribution < 1.29 is 23.9 Å². The number of aromatic nitrogens is 1. The highest BCUT2D eigenvalue weighted by Crippen LogP contribution is 2.21. The number of benzene rings is 1. The van der Waals surface area contributed by atoms with E-state index < -0.39 is 18.0 Å². The van der Waals surface area contributed by atoms with Crippen molar-refractivity contribution in [2.24, 2.45) is 0 Å². The number of carbonyl (C=O) groups is 3. The fraction of sp³-hybridized carbons (Fsp3) is 0.286. The molecule has 0 bridgehead atoms. The smallest absolute Gasteiger partial charge is 0.340 e. The standard InChI is InChI=1S/C21H23N3O5/c1-4-28-20(26)17-11-22-21(27)23-18(17)12-29-19(25)16-10-13(2)24(14(16)3)15-8-6-5-7-9-15/h5-10H,4,11-12H2,1-3H3,(H2,22,23,27). The molecule has 0 aliphatic carbocycles. The van der Waals surface area contributed by atoms with Crippen LogP contribution in [-0.2, 0) is 14.3 Å². The Labute approximate surface area is 168 Å². The van der Waals surface area contributed by atoms with Crippen molar-refractivity contribution in [3.05, 3.63) is 64.6 Å². The summed E-state index contributed by atoms with van der Waals surface area (Å²) in [7, 11) is 0. The molecule has 0 atom stereocenters. The molecule has 1 aromatic heterocycles. The van der Waals surface area contributed by atoms with Crippen LogP contribution in [0.25, 0.3) is 5.69 Å². The molecular weight excluding hydrogens is 374 g/mol. The highest BCUT2D eigenvalue weighted by molar-refractivity contribution is 5.94. The van der Waals surface area contributed by atoms with Crippen molar-refractivity contribution in [2.75, 3.05) is 19.8 Å². The Kier molecular flexibility index (Phi) is 6.01. The quantitative estimate of drug-likeness (QED) is 0.730. The van der Waals surface area contributed by atoms with Gasteiger partial charge in [0.2, 0.25) is 0 Å². The number of carbonyl (C=O) groups excluding carboxylic acids is 3. The Morgan fingerprint density at radius 3 is 2.52 bits per heavy atom. The van der Waals surface area contributed by atoms with E-state index in [0.29, 0.717) is 5.56 Å². The van der Waals surface area contributed by atoms with Crippen LogP contribution in [0.3, 0.4) is 0 Å². The zero-order chi connectivity index (χ0) is 21.0. The Morgan fingerprint density at radius 1 is 1.10 bits per heavy atom. The van der Waals surface area contributed by atoms with Gasteiger partial charge < -0.3 is 24.7 Å². The lowest BCUT2D eigenvalue weighted by molar-refractivity contribution is -0.138. The van der Waals surface area contributed by atoms with Crippen LogP contribution in [0.4, 0.5) is 4.79 Å². The summed E-state index contributed by atoms with van der Waals surface area (Å²) >= 11 is 0. The first kappa shape index (κ1) is 20.2. The molecular formula is C21H23N3O5. The number of esters is 2. The van der Waals surface area contributed by atoms with E-state index in [1.807, 2.05) is 48.7 Å². The summed E-state index contributed by atoms with van der Waals surface area (Å²) in [6.45, 7) is 5.41. The maximum Gasteiger partial charge on any atom is 0.340 e. The maximum atomic E-state index is 12.7. The number of ether oxygens (including phenoxy) is 2. The van der Waals surface area contributed by atoms with Crippen LogP contribution in [0.1, 0.15) is 28.7 Å². The Bertz CT molecular complexity index is 976. The second-order valence-electron chi connectivity index (χ2n) is 6.52. The van der Waals surface area contributed by atoms with Crippen LogP contribution in [0, 0.1) is 13.8 Å². The van der Waals surface area contributed by atoms with Gasteiger partial charge in [0.1, 0.15) is 6.61 Å². The van der Waals surface area contributed by atoms with Crippen molar-refractivity contribution in [3.63, 3.8) is 0 Å². The van der Waals surface area contributed by atoms with Crippen molar-refractivity contribution >= 4 is 18.0 Å². The molecule has 0 saturated carbocycles. The first-order valence-electron chi connectivity index (χ1n) is 9.27. The minimum Gasteiger partial charge on any atom is -0.463 e. The van der Waals surface area contributed by atoms with E-state index in [-0.39, 0.29) is 31.0 Å². The normalized spacial score (nSPS) is 13.6. The number of hydrogen-bond donors (Lipinski definition) is 2. The molecule has 0 fully saturated rings. The first-order valence-corrected chi connectivity index (χ1v) is 9.27. The van der Waals surface area contributed by atoms with E-state index in [2.05, 4.69) is 10.6 Å². The van der Waals surface area contributed by atoms with Crippen molar-refractivity contribution in [2.45, 2.75) is 20.8 Å². The molecule has 152 valence electrons. The SMILES string of the molecule is CCOC(=O)C1=C(COC(=O)c2cc(C)n(-c3ccccc3)c2C)NC(=O)NC1. The maximum absolute atomic E-state index is 12.7. The second kappa shape index (κ2) is 8.64. The molecule has 3 rings (SSSR count). The Hall–Kier alpha value is -3.55. The van der Waals surface area contributed by atoms with Gasteiger partial charge >= 0.3 is 18.0 Å². The minimum atomic E-state index is -0.562. The molecule has 2 N–H and O–H groups in total. The summed E-state index contributed by atoms with van der Waals surface area (Å²) < 4.78 is 12.4. The third-order valence-corrected chi connectivity index (χ3v) is 4.59. The lowest BCUT2D eigenvalue weighted by Gasteiger charge is -2.21. The van der Waals surface area contributed by atoms with E-state index in [1.54, 1.807) is 13.0 Å². The number of aryl methyl sites for hydroxylation is 1. The number of nitrogens with one attached hydrogen (secondary N) is 2. The molecule has 1 aliphatic rings.